The van der Waals surface area contributed by atoms with Crippen LogP contribution in [0.15, 0.2) is 0 Å². The van der Waals surface area contributed by atoms with Crippen LogP contribution < -0.4 is 5.32 Å². The van der Waals surface area contributed by atoms with E-state index in [0.29, 0.717) is 11.8 Å². The zero-order valence-corrected chi connectivity index (χ0v) is 12.4. The van der Waals surface area contributed by atoms with Gasteiger partial charge in [-0.25, -0.2) is 0 Å². The normalized spacial score (nSPS) is 11.7. The Balaban J connectivity index is 3.38. The van der Waals surface area contributed by atoms with E-state index in [1.807, 2.05) is 0 Å². The summed E-state index contributed by atoms with van der Waals surface area (Å²) in [4.78, 5) is 10.3. The number of hydrogen-bond donors (Lipinski definition) is 2. The maximum Gasteiger partial charge on any atom is 0.303 e. The molecule has 0 saturated carbocycles. The third kappa shape index (κ3) is 11.9. The molecule has 18 heavy (non-hydrogen) atoms. The standard InChI is InChI=1S/C15H31NO2/c1-4-5-8-11-15(2,3)13-16-12-9-6-7-10-14(17)18/h16H,4-13H2,1-3H3,(H,17,18). The highest BCUT2D eigenvalue weighted by Crippen LogP contribution is 2.22. The van der Waals surface area contributed by atoms with Crippen LogP contribution in [-0.4, -0.2) is 24.2 Å². The molecule has 0 rings (SSSR count). The van der Waals surface area contributed by atoms with Crippen LogP contribution in [0.4, 0.5) is 0 Å². The van der Waals surface area contributed by atoms with E-state index < -0.39 is 5.97 Å². The van der Waals surface area contributed by atoms with Crippen molar-refractivity contribution in [2.24, 2.45) is 5.41 Å². The van der Waals surface area contributed by atoms with Gasteiger partial charge in [0, 0.05) is 13.0 Å². The fourth-order valence-electron chi connectivity index (χ4n) is 2.07. The molecule has 0 amide bonds. The quantitative estimate of drug-likeness (QED) is 0.522. The molecule has 0 aromatic rings. The molecule has 0 radical (unpaired) electrons. The largest absolute Gasteiger partial charge is 0.481 e. The van der Waals surface area contributed by atoms with Crippen molar-refractivity contribution >= 4 is 5.97 Å². The molecule has 0 aliphatic carbocycles. The van der Waals surface area contributed by atoms with Crippen molar-refractivity contribution < 1.29 is 9.90 Å². The summed E-state index contributed by atoms with van der Waals surface area (Å²) in [7, 11) is 0. The summed E-state index contributed by atoms with van der Waals surface area (Å²) in [6.07, 6.45) is 8.43. The average molecular weight is 257 g/mol. The molecule has 0 heterocycles. The molecule has 0 fully saturated rings. The van der Waals surface area contributed by atoms with Crippen molar-refractivity contribution in [1.29, 1.82) is 0 Å². The van der Waals surface area contributed by atoms with Gasteiger partial charge in [0.1, 0.15) is 0 Å². The Hall–Kier alpha value is -0.570. The number of rotatable bonds is 12. The monoisotopic (exact) mass is 257 g/mol. The fourth-order valence-corrected chi connectivity index (χ4v) is 2.07. The molecule has 0 atom stereocenters. The van der Waals surface area contributed by atoms with Crippen LogP contribution in [0.1, 0.15) is 72.1 Å². The van der Waals surface area contributed by atoms with Crippen LogP contribution in [0.5, 0.6) is 0 Å². The number of nitrogens with one attached hydrogen (secondary N) is 1. The van der Waals surface area contributed by atoms with Gasteiger partial charge in [0.2, 0.25) is 0 Å². The van der Waals surface area contributed by atoms with Gasteiger partial charge in [0.25, 0.3) is 0 Å². The number of aliphatic carboxylic acids is 1. The van der Waals surface area contributed by atoms with Gasteiger partial charge < -0.3 is 10.4 Å². The van der Waals surface area contributed by atoms with Crippen LogP contribution in [0.25, 0.3) is 0 Å². The lowest BCUT2D eigenvalue weighted by Crippen LogP contribution is -2.30. The van der Waals surface area contributed by atoms with Crippen LogP contribution in [-0.2, 0) is 4.79 Å². The number of carboxylic acid groups (broad SMARTS) is 1. The van der Waals surface area contributed by atoms with Gasteiger partial charge in [-0.1, -0.05) is 46.5 Å². The highest BCUT2D eigenvalue weighted by atomic mass is 16.4. The molecule has 0 bridgehead atoms. The Morgan fingerprint density at radius 1 is 1.11 bits per heavy atom. The zero-order chi connectivity index (χ0) is 13.9. The van der Waals surface area contributed by atoms with Crippen LogP contribution in [0, 0.1) is 5.41 Å². The van der Waals surface area contributed by atoms with Crippen LogP contribution in [0.2, 0.25) is 0 Å². The van der Waals surface area contributed by atoms with E-state index >= 15 is 0 Å². The van der Waals surface area contributed by atoms with Gasteiger partial charge in [-0.2, -0.15) is 0 Å². The molecule has 108 valence electrons. The first-order valence-electron chi connectivity index (χ1n) is 7.40. The van der Waals surface area contributed by atoms with E-state index in [2.05, 4.69) is 26.1 Å². The van der Waals surface area contributed by atoms with Crippen molar-refractivity contribution in [3.05, 3.63) is 0 Å². The summed E-state index contributed by atoms with van der Waals surface area (Å²) in [5.41, 5.74) is 0.385. The highest BCUT2D eigenvalue weighted by Gasteiger charge is 2.16. The molecule has 0 aliphatic rings. The Morgan fingerprint density at radius 2 is 1.83 bits per heavy atom. The number of carbonyl (C=O) groups is 1. The number of hydrogen-bond acceptors (Lipinski definition) is 2. The minimum Gasteiger partial charge on any atom is -0.481 e. The predicted molar refractivity (Wildman–Crippen MR) is 76.9 cm³/mol. The first kappa shape index (κ1) is 17.4. The fraction of sp³-hybridized carbons (Fsp3) is 0.933. The van der Waals surface area contributed by atoms with E-state index in [9.17, 15) is 4.79 Å². The maximum absolute atomic E-state index is 10.3. The zero-order valence-electron chi connectivity index (χ0n) is 12.4. The summed E-state index contributed by atoms with van der Waals surface area (Å²) >= 11 is 0. The minimum atomic E-state index is -0.681. The second-order valence-corrected chi connectivity index (χ2v) is 6.00. The van der Waals surface area contributed by atoms with Crippen molar-refractivity contribution in [2.45, 2.75) is 72.1 Å². The summed E-state index contributed by atoms with van der Waals surface area (Å²) in [5, 5.41) is 12.0. The SMILES string of the molecule is CCCCCC(C)(C)CNCCCCCC(=O)O. The third-order valence-electron chi connectivity index (χ3n) is 3.30. The van der Waals surface area contributed by atoms with Crippen LogP contribution >= 0.6 is 0 Å². The van der Waals surface area contributed by atoms with E-state index in [4.69, 9.17) is 5.11 Å². The summed E-state index contributed by atoms with van der Waals surface area (Å²) in [5.74, 6) is -0.681. The number of carboxylic acids is 1. The van der Waals surface area contributed by atoms with Gasteiger partial charge in [0.15, 0.2) is 0 Å². The molecule has 0 aromatic heterocycles. The minimum absolute atomic E-state index is 0.308. The Morgan fingerprint density at radius 3 is 2.44 bits per heavy atom. The highest BCUT2D eigenvalue weighted by molar-refractivity contribution is 5.66. The summed E-state index contributed by atoms with van der Waals surface area (Å²) < 4.78 is 0. The van der Waals surface area contributed by atoms with E-state index in [1.54, 1.807) is 0 Å². The second-order valence-electron chi connectivity index (χ2n) is 6.00. The van der Waals surface area contributed by atoms with Crippen molar-refractivity contribution in [3.63, 3.8) is 0 Å². The van der Waals surface area contributed by atoms with Gasteiger partial charge in [-0.05, 0) is 31.2 Å². The third-order valence-corrected chi connectivity index (χ3v) is 3.30. The van der Waals surface area contributed by atoms with Crippen molar-refractivity contribution in [1.82, 2.24) is 5.32 Å². The Kier molecular flexibility index (Phi) is 10.0. The van der Waals surface area contributed by atoms with Gasteiger partial charge in [0.05, 0.1) is 0 Å². The molecule has 0 aliphatic heterocycles. The lowest BCUT2D eigenvalue weighted by atomic mass is 9.87. The first-order chi connectivity index (χ1) is 8.48. The molecule has 3 nitrogen and oxygen atoms in total. The van der Waals surface area contributed by atoms with E-state index in [-0.39, 0.29) is 0 Å². The predicted octanol–water partition coefficient (Wildman–Crippen LogP) is 3.83. The second kappa shape index (κ2) is 10.4. The Bertz CT molecular complexity index is 215. The molecule has 0 spiro atoms. The van der Waals surface area contributed by atoms with Crippen LogP contribution in [0.3, 0.4) is 0 Å². The van der Waals surface area contributed by atoms with Gasteiger partial charge >= 0.3 is 5.97 Å². The smallest absolute Gasteiger partial charge is 0.303 e. The topological polar surface area (TPSA) is 49.3 Å². The summed E-state index contributed by atoms with van der Waals surface area (Å²) in [6, 6.07) is 0. The molecule has 0 saturated heterocycles. The summed E-state index contributed by atoms with van der Waals surface area (Å²) in [6.45, 7) is 8.95. The maximum atomic E-state index is 10.3. The van der Waals surface area contributed by atoms with Crippen molar-refractivity contribution in [3.8, 4) is 0 Å². The van der Waals surface area contributed by atoms with Gasteiger partial charge in [-0.15, -0.1) is 0 Å². The average Bonchev–Trinajstić information content (AvgIpc) is 2.27. The van der Waals surface area contributed by atoms with E-state index in [0.717, 1.165) is 32.4 Å². The molecule has 2 N–H and O–H groups in total. The van der Waals surface area contributed by atoms with E-state index in [1.165, 1.54) is 25.7 Å². The first-order valence-corrected chi connectivity index (χ1v) is 7.40. The lowest BCUT2D eigenvalue weighted by Gasteiger charge is -2.25. The lowest BCUT2D eigenvalue weighted by molar-refractivity contribution is -0.137. The number of unbranched alkanes of at least 4 members (excludes halogenated alkanes) is 4. The molecule has 0 aromatic carbocycles. The Labute approximate surface area is 112 Å². The molecular formula is C15H31NO2. The van der Waals surface area contributed by atoms with Gasteiger partial charge in [-0.3, -0.25) is 4.79 Å². The molecule has 3 heteroatoms. The molecule has 0 unspecified atom stereocenters. The molecular weight excluding hydrogens is 226 g/mol. The van der Waals surface area contributed by atoms with Crippen molar-refractivity contribution in [2.75, 3.05) is 13.1 Å².